The number of methoxy groups -OCH3 is 2. The zero-order valence-electron chi connectivity index (χ0n) is 16.5. The first-order chi connectivity index (χ1) is 13.6. The lowest BCUT2D eigenvalue weighted by Gasteiger charge is -2.19. The van der Waals surface area contributed by atoms with Crippen molar-refractivity contribution in [3.05, 3.63) is 52.5 Å². The molecule has 1 aliphatic heterocycles. The molecular weight excluding hydrogens is 378 g/mol. The van der Waals surface area contributed by atoms with Crippen LogP contribution in [0.3, 0.4) is 0 Å². The predicted molar refractivity (Wildman–Crippen MR) is 110 cm³/mol. The van der Waals surface area contributed by atoms with Gasteiger partial charge in [-0.2, -0.15) is 0 Å². The zero-order valence-corrected chi connectivity index (χ0v) is 17.3. The van der Waals surface area contributed by atoms with Crippen molar-refractivity contribution >= 4 is 17.5 Å². The van der Waals surface area contributed by atoms with Crippen molar-refractivity contribution in [3.8, 4) is 17.2 Å². The minimum Gasteiger partial charge on any atom is -0.497 e. The van der Waals surface area contributed by atoms with Gasteiger partial charge in [0.2, 0.25) is 0 Å². The second-order valence-electron chi connectivity index (χ2n) is 6.85. The molecule has 150 valence electrons. The Hall–Kier alpha value is -2.40. The van der Waals surface area contributed by atoms with Crippen LogP contribution in [0.15, 0.2) is 36.4 Å². The maximum atomic E-state index is 13.0. The first-order valence-corrected chi connectivity index (χ1v) is 9.88. The van der Waals surface area contributed by atoms with Gasteiger partial charge in [0, 0.05) is 24.6 Å². The Labute approximate surface area is 171 Å². The average Bonchev–Trinajstić information content (AvgIpc) is 3.22. The van der Waals surface area contributed by atoms with Crippen molar-refractivity contribution in [1.29, 1.82) is 0 Å². The molecule has 0 spiro atoms. The van der Waals surface area contributed by atoms with Crippen LogP contribution in [0.25, 0.3) is 0 Å². The van der Waals surface area contributed by atoms with Crippen LogP contribution in [0, 0.1) is 0 Å². The Morgan fingerprint density at radius 1 is 1.18 bits per heavy atom. The summed E-state index contributed by atoms with van der Waals surface area (Å²) in [6.07, 6.45) is 1.79. The molecule has 2 aromatic rings. The van der Waals surface area contributed by atoms with E-state index in [-0.39, 0.29) is 5.91 Å². The monoisotopic (exact) mass is 403 g/mol. The Kier molecular flexibility index (Phi) is 6.68. The number of halogens is 1. The normalized spacial score (nSPS) is 16.1. The van der Waals surface area contributed by atoms with E-state index in [0.29, 0.717) is 47.7 Å². The summed E-state index contributed by atoms with van der Waals surface area (Å²) in [7, 11) is 3.21. The number of carbonyl (C=O) groups excluding carboxylic acids is 1. The van der Waals surface area contributed by atoms with Crippen molar-refractivity contribution in [2.75, 3.05) is 33.9 Å². The minimum absolute atomic E-state index is 0.0433. The molecule has 1 amide bonds. The van der Waals surface area contributed by atoms with Gasteiger partial charge >= 0.3 is 0 Å². The van der Waals surface area contributed by atoms with Crippen LogP contribution in [-0.2, 0) is 0 Å². The number of hydrogen-bond acceptors (Lipinski definition) is 4. The fourth-order valence-corrected chi connectivity index (χ4v) is 3.73. The van der Waals surface area contributed by atoms with Gasteiger partial charge in [0.1, 0.15) is 5.75 Å². The maximum absolute atomic E-state index is 13.0. The van der Waals surface area contributed by atoms with Crippen LogP contribution in [0.5, 0.6) is 17.2 Å². The molecule has 0 aliphatic carbocycles. The Morgan fingerprint density at radius 3 is 2.57 bits per heavy atom. The number of hydrogen-bond donors (Lipinski definition) is 0. The molecule has 1 unspecified atom stereocenters. The second-order valence-corrected chi connectivity index (χ2v) is 7.26. The average molecular weight is 404 g/mol. The Morgan fingerprint density at radius 2 is 1.93 bits per heavy atom. The Bertz CT molecular complexity index is 822. The van der Waals surface area contributed by atoms with E-state index in [1.165, 1.54) is 5.56 Å². The summed E-state index contributed by atoms with van der Waals surface area (Å²) in [4.78, 5) is 14.9. The highest BCUT2D eigenvalue weighted by Crippen LogP contribution is 2.37. The quantitative estimate of drug-likeness (QED) is 0.667. The maximum Gasteiger partial charge on any atom is 0.254 e. The lowest BCUT2D eigenvalue weighted by atomic mass is 9.98. The highest BCUT2D eigenvalue weighted by molar-refractivity contribution is 6.32. The number of ether oxygens (including phenoxy) is 3. The molecule has 3 rings (SSSR count). The van der Waals surface area contributed by atoms with E-state index in [1.807, 2.05) is 24.0 Å². The third-order valence-corrected chi connectivity index (χ3v) is 5.27. The van der Waals surface area contributed by atoms with E-state index < -0.39 is 0 Å². The number of likely N-dealkylation sites (tertiary alicyclic amines) is 1. The van der Waals surface area contributed by atoms with E-state index in [2.05, 4.69) is 12.1 Å². The van der Waals surface area contributed by atoms with Gasteiger partial charge in [-0.05, 0) is 42.7 Å². The molecule has 0 aromatic heterocycles. The SMILES string of the molecule is CCCOc1c(Cl)cc(C(=O)N2CCC(c3ccc(OC)cc3)C2)cc1OC. The second kappa shape index (κ2) is 9.20. The van der Waals surface area contributed by atoms with Crippen LogP contribution in [0.2, 0.25) is 5.02 Å². The number of amides is 1. The molecule has 0 saturated carbocycles. The number of benzene rings is 2. The molecule has 2 aromatic carbocycles. The molecule has 1 atom stereocenters. The minimum atomic E-state index is -0.0433. The summed E-state index contributed by atoms with van der Waals surface area (Å²) < 4.78 is 16.3. The van der Waals surface area contributed by atoms with Crippen molar-refractivity contribution in [3.63, 3.8) is 0 Å². The van der Waals surface area contributed by atoms with E-state index in [1.54, 1.807) is 26.4 Å². The van der Waals surface area contributed by atoms with Gasteiger partial charge in [0.15, 0.2) is 11.5 Å². The van der Waals surface area contributed by atoms with Crippen molar-refractivity contribution < 1.29 is 19.0 Å². The third-order valence-electron chi connectivity index (χ3n) is 4.99. The van der Waals surface area contributed by atoms with E-state index in [4.69, 9.17) is 25.8 Å². The summed E-state index contributed by atoms with van der Waals surface area (Å²) in [6, 6.07) is 11.4. The third kappa shape index (κ3) is 4.36. The number of rotatable bonds is 7. The van der Waals surface area contributed by atoms with Gasteiger partial charge in [-0.1, -0.05) is 30.7 Å². The van der Waals surface area contributed by atoms with E-state index >= 15 is 0 Å². The lowest BCUT2D eigenvalue weighted by Crippen LogP contribution is -2.28. The highest BCUT2D eigenvalue weighted by atomic mass is 35.5. The van der Waals surface area contributed by atoms with Gasteiger partial charge in [-0.15, -0.1) is 0 Å². The van der Waals surface area contributed by atoms with Gasteiger partial charge in [0.05, 0.1) is 25.8 Å². The summed E-state index contributed by atoms with van der Waals surface area (Å²) in [5, 5.41) is 0.391. The van der Waals surface area contributed by atoms with Crippen LogP contribution in [-0.4, -0.2) is 44.7 Å². The topological polar surface area (TPSA) is 48.0 Å². The van der Waals surface area contributed by atoms with Gasteiger partial charge in [0.25, 0.3) is 5.91 Å². The van der Waals surface area contributed by atoms with E-state index in [9.17, 15) is 4.79 Å². The van der Waals surface area contributed by atoms with Gasteiger partial charge < -0.3 is 19.1 Å². The van der Waals surface area contributed by atoms with Crippen LogP contribution in [0.4, 0.5) is 0 Å². The van der Waals surface area contributed by atoms with Crippen LogP contribution >= 0.6 is 11.6 Å². The van der Waals surface area contributed by atoms with Gasteiger partial charge in [-0.3, -0.25) is 4.79 Å². The molecule has 1 fully saturated rings. The summed E-state index contributed by atoms with van der Waals surface area (Å²) in [6.45, 7) is 3.95. The van der Waals surface area contributed by atoms with Gasteiger partial charge in [-0.25, -0.2) is 0 Å². The molecule has 1 heterocycles. The van der Waals surface area contributed by atoms with E-state index in [0.717, 1.165) is 18.6 Å². The summed E-state index contributed by atoms with van der Waals surface area (Å²) >= 11 is 6.37. The molecule has 6 heteroatoms. The fraction of sp³-hybridized carbons (Fsp3) is 0.409. The fourth-order valence-electron chi connectivity index (χ4n) is 3.46. The zero-order chi connectivity index (χ0) is 20.1. The molecule has 1 aliphatic rings. The van der Waals surface area contributed by atoms with Crippen molar-refractivity contribution in [1.82, 2.24) is 4.90 Å². The molecule has 28 heavy (non-hydrogen) atoms. The molecule has 1 saturated heterocycles. The first-order valence-electron chi connectivity index (χ1n) is 9.51. The first kappa shape index (κ1) is 20.3. The highest BCUT2D eigenvalue weighted by Gasteiger charge is 2.29. The van der Waals surface area contributed by atoms with Crippen molar-refractivity contribution in [2.24, 2.45) is 0 Å². The van der Waals surface area contributed by atoms with Crippen LogP contribution in [0.1, 0.15) is 41.6 Å². The largest absolute Gasteiger partial charge is 0.497 e. The number of carbonyl (C=O) groups is 1. The summed E-state index contributed by atoms with van der Waals surface area (Å²) in [5.74, 6) is 2.08. The Balaban J connectivity index is 1.74. The van der Waals surface area contributed by atoms with Crippen LogP contribution < -0.4 is 14.2 Å². The smallest absolute Gasteiger partial charge is 0.254 e. The molecule has 0 radical (unpaired) electrons. The molecular formula is C22H26ClNO4. The van der Waals surface area contributed by atoms with Crippen molar-refractivity contribution in [2.45, 2.75) is 25.7 Å². The predicted octanol–water partition coefficient (Wildman–Crippen LogP) is 4.78. The molecule has 0 bridgehead atoms. The lowest BCUT2D eigenvalue weighted by molar-refractivity contribution is 0.0790. The standard InChI is InChI=1S/C22H26ClNO4/c1-4-11-28-21-19(23)12-17(13-20(21)27-3)22(25)24-10-9-16(14-24)15-5-7-18(26-2)8-6-15/h5-8,12-13,16H,4,9-11,14H2,1-3H3. The molecule has 0 N–H and O–H groups in total. The number of nitrogens with zero attached hydrogens (tertiary/aromatic N) is 1. The molecule has 5 nitrogen and oxygen atoms in total. The summed E-state index contributed by atoms with van der Waals surface area (Å²) in [5.41, 5.74) is 1.73.